The van der Waals surface area contributed by atoms with Crippen molar-refractivity contribution in [3.63, 3.8) is 0 Å². The smallest absolute Gasteiger partial charge is 0.191 e. The summed E-state index contributed by atoms with van der Waals surface area (Å²) in [6.07, 6.45) is 6.73. The molecule has 146 valence electrons. The molecule has 26 heavy (non-hydrogen) atoms. The maximum absolute atomic E-state index is 4.52. The van der Waals surface area contributed by atoms with Crippen LogP contribution in [0.15, 0.2) is 4.99 Å². The fraction of sp³-hybridized carbons (Fsp3) is 0.789. The molecule has 1 saturated heterocycles. The highest BCUT2D eigenvalue weighted by Crippen LogP contribution is 2.34. The summed E-state index contributed by atoms with van der Waals surface area (Å²) in [5, 5.41) is 8.27. The van der Waals surface area contributed by atoms with Crippen LogP contribution in [0.25, 0.3) is 0 Å². The van der Waals surface area contributed by atoms with E-state index in [9.17, 15) is 0 Å². The largest absolute Gasteiger partial charge is 0.355 e. The van der Waals surface area contributed by atoms with Crippen molar-refractivity contribution in [3.05, 3.63) is 15.6 Å². The molecule has 1 saturated carbocycles. The van der Waals surface area contributed by atoms with Crippen LogP contribution >= 0.6 is 23.1 Å². The van der Waals surface area contributed by atoms with Gasteiger partial charge in [-0.25, -0.2) is 4.98 Å². The first kappa shape index (κ1) is 20.0. The minimum absolute atomic E-state index is 0.313. The number of rotatable bonds is 5. The van der Waals surface area contributed by atoms with Gasteiger partial charge in [-0.1, -0.05) is 19.3 Å². The number of guanidine groups is 1. The molecule has 0 atom stereocenters. The van der Waals surface area contributed by atoms with Gasteiger partial charge in [0.25, 0.3) is 0 Å². The van der Waals surface area contributed by atoms with Crippen LogP contribution in [0.2, 0.25) is 0 Å². The van der Waals surface area contributed by atoms with E-state index >= 15 is 0 Å². The number of thiazole rings is 1. The van der Waals surface area contributed by atoms with Gasteiger partial charge in [-0.2, -0.15) is 11.8 Å². The zero-order valence-corrected chi connectivity index (χ0v) is 18.1. The Balaban J connectivity index is 1.58. The van der Waals surface area contributed by atoms with E-state index in [-0.39, 0.29) is 0 Å². The first-order chi connectivity index (χ1) is 12.6. The molecule has 2 N–H and O–H groups in total. The molecule has 0 spiro atoms. The van der Waals surface area contributed by atoms with Crippen molar-refractivity contribution in [3.8, 4) is 0 Å². The van der Waals surface area contributed by atoms with Crippen LogP contribution in [0, 0.1) is 13.8 Å². The maximum atomic E-state index is 4.52. The summed E-state index contributed by atoms with van der Waals surface area (Å²) < 4.78 is 0. The molecule has 2 heterocycles. The summed E-state index contributed by atoms with van der Waals surface area (Å²) in [6.45, 7) is 8.41. The third-order valence-electron chi connectivity index (χ3n) is 5.69. The van der Waals surface area contributed by atoms with Gasteiger partial charge in [-0.3, -0.25) is 9.89 Å². The highest BCUT2D eigenvalue weighted by molar-refractivity contribution is 7.99. The zero-order valence-electron chi connectivity index (χ0n) is 16.4. The highest BCUT2D eigenvalue weighted by atomic mass is 32.2. The van der Waals surface area contributed by atoms with E-state index in [1.807, 2.05) is 7.05 Å². The first-order valence-electron chi connectivity index (χ1n) is 9.83. The fourth-order valence-corrected chi connectivity index (χ4v) is 6.00. The molecule has 3 rings (SSSR count). The van der Waals surface area contributed by atoms with Gasteiger partial charge >= 0.3 is 0 Å². The quantitative estimate of drug-likeness (QED) is 0.592. The van der Waals surface area contributed by atoms with E-state index in [0.717, 1.165) is 29.8 Å². The summed E-state index contributed by atoms with van der Waals surface area (Å²) in [5.74, 6) is 3.46. The van der Waals surface area contributed by atoms with Crippen molar-refractivity contribution in [2.45, 2.75) is 58.0 Å². The second kappa shape index (κ2) is 9.42. The molecule has 1 aliphatic heterocycles. The fourth-order valence-electron chi connectivity index (χ4n) is 4.22. The molecule has 2 fully saturated rings. The third-order valence-corrected chi connectivity index (χ3v) is 7.71. The molecule has 0 bridgehead atoms. The van der Waals surface area contributed by atoms with Crippen molar-refractivity contribution in [1.82, 2.24) is 20.5 Å². The van der Waals surface area contributed by atoms with Gasteiger partial charge in [0.05, 0.1) is 17.2 Å². The van der Waals surface area contributed by atoms with Crippen molar-refractivity contribution < 1.29 is 0 Å². The second-order valence-corrected chi connectivity index (χ2v) is 9.92. The van der Waals surface area contributed by atoms with Crippen LogP contribution < -0.4 is 10.6 Å². The molecule has 1 aromatic rings. The normalized spacial score (nSPS) is 21.6. The number of thioether (sulfide) groups is 1. The number of nitrogens with one attached hydrogen (secondary N) is 2. The van der Waals surface area contributed by atoms with Gasteiger partial charge in [-0.05, 0) is 26.7 Å². The molecule has 0 unspecified atom stereocenters. The van der Waals surface area contributed by atoms with E-state index < -0.39 is 0 Å². The van der Waals surface area contributed by atoms with Crippen LogP contribution in [-0.4, -0.2) is 59.6 Å². The summed E-state index contributed by atoms with van der Waals surface area (Å²) in [5.41, 5.74) is 1.44. The predicted molar refractivity (Wildman–Crippen MR) is 115 cm³/mol. The second-order valence-electron chi connectivity index (χ2n) is 7.41. The van der Waals surface area contributed by atoms with Crippen LogP contribution in [0.4, 0.5) is 0 Å². The molecule has 0 amide bonds. The monoisotopic (exact) mass is 395 g/mol. The number of hydrogen-bond donors (Lipinski definition) is 2. The topological polar surface area (TPSA) is 52.6 Å². The Morgan fingerprint density at radius 3 is 2.50 bits per heavy atom. The standard InChI is InChI=1S/C19H33N5S2/c1-15-17(26-16(2)23-15)13-21-18(20-3)22-14-19(7-5-4-6-8-19)24-9-11-25-12-10-24/h4-14H2,1-3H3,(H2,20,21,22). The van der Waals surface area contributed by atoms with Crippen molar-refractivity contribution in [2.75, 3.05) is 38.2 Å². The zero-order chi connectivity index (χ0) is 18.4. The SMILES string of the molecule is CN=C(NCc1sc(C)nc1C)NCC1(N2CCSCC2)CCCCC1. The average Bonchev–Trinajstić information content (AvgIpc) is 3.00. The molecular formula is C19H33N5S2. The van der Waals surface area contributed by atoms with Crippen LogP contribution in [0.5, 0.6) is 0 Å². The number of hydrogen-bond acceptors (Lipinski definition) is 5. The third kappa shape index (κ3) is 4.93. The van der Waals surface area contributed by atoms with Crippen LogP contribution in [0.3, 0.4) is 0 Å². The van der Waals surface area contributed by atoms with E-state index in [1.54, 1.807) is 11.3 Å². The van der Waals surface area contributed by atoms with Crippen LogP contribution in [-0.2, 0) is 6.54 Å². The minimum atomic E-state index is 0.313. The van der Waals surface area contributed by atoms with E-state index in [0.29, 0.717) is 5.54 Å². The Bertz CT molecular complexity index is 601. The summed E-state index contributed by atoms with van der Waals surface area (Å²) in [6, 6.07) is 0. The molecule has 0 radical (unpaired) electrons. The molecule has 5 nitrogen and oxygen atoms in total. The summed E-state index contributed by atoms with van der Waals surface area (Å²) in [4.78, 5) is 13.0. The number of nitrogens with zero attached hydrogens (tertiary/aromatic N) is 3. The van der Waals surface area contributed by atoms with Gasteiger partial charge in [0.1, 0.15) is 0 Å². The van der Waals surface area contributed by atoms with Gasteiger partial charge in [0.2, 0.25) is 0 Å². The molecule has 1 aromatic heterocycles. The Morgan fingerprint density at radius 2 is 1.88 bits per heavy atom. The molecule has 7 heteroatoms. The van der Waals surface area contributed by atoms with Crippen molar-refractivity contribution >= 4 is 29.1 Å². The Labute approximate surface area is 166 Å². The Morgan fingerprint density at radius 1 is 1.15 bits per heavy atom. The number of aromatic nitrogens is 1. The Hall–Kier alpha value is -0.790. The lowest BCUT2D eigenvalue weighted by Crippen LogP contribution is -2.59. The first-order valence-corrected chi connectivity index (χ1v) is 11.8. The molecule has 1 aliphatic carbocycles. The van der Waals surface area contributed by atoms with Gasteiger partial charge in [0, 0.05) is 48.6 Å². The Kier molecular flexibility index (Phi) is 7.23. The molecule has 2 aliphatic rings. The maximum Gasteiger partial charge on any atom is 0.191 e. The van der Waals surface area contributed by atoms with Gasteiger partial charge < -0.3 is 10.6 Å². The number of aliphatic imine (C=N–C) groups is 1. The van der Waals surface area contributed by atoms with E-state index in [2.05, 4.69) is 51.1 Å². The van der Waals surface area contributed by atoms with Crippen molar-refractivity contribution in [2.24, 2.45) is 4.99 Å². The lowest BCUT2D eigenvalue weighted by Gasteiger charge is -2.48. The number of aryl methyl sites for hydroxylation is 2. The average molecular weight is 396 g/mol. The molecule has 0 aromatic carbocycles. The van der Waals surface area contributed by atoms with E-state index in [1.165, 1.54) is 61.6 Å². The molecular weight excluding hydrogens is 362 g/mol. The summed E-state index contributed by atoms with van der Waals surface area (Å²) >= 11 is 3.86. The van der Waals surface area contributed by atoms with Crippen molar-refractivity contribution in [1.29, 1.82) is 0 Å². The van der Waals surface area contributed by atoms with E-state index in [4.69, 9.17) is 0 Å². The van der Waals surface area contributed by atoms with Gasteiger partial charge in [-0.15, -0.1) is 11.3 Å². The lowest BCUT2D eigenvalue weighted by atomic mass is 9.80. The highest BCUT2D eigenvalue weighted by Gasteiger charge is 2.38. The van der Waals surface area contributed by atoms with Gasteiger partial charge in [0.15, 0.2) is 5.96 Å². The summed E-state index contributed by atoms with van der Waals surface area (Å²) in [7, 11) is 1.87. The predicted octanol–water partition coefficient (Wildman–Crippen LogP) is 3.18. The van der Waals surface area contributed by atoms with Crippen LogP contribution in [0.1, 0.15) is 47.7 Å². The minimum Gasteiger partial charge on any atom is -0.355 e. The lowest BCUT2D eigenvalue weighted by molar-refractivity contribution is 0.0626.